The highest BCUT2D eigenvalue weighted by atomic mass is 35.5. The minimum atomic E-state index is 0. The molecule has 2 unspecified atom stereocenters. The first-order chi connectivity index (χ1) is 12.2. The lowest BCUT2D eigenvalue weighted by molar-refractivity contribution is -0.693. The summed E-state index contributed by atoms with van der Waals surface area (Å²) in [6, 6.07) is 17.8. The fourth-order valence-electron chi connectivity index (χ4n) is 2.92. The van der Waals surface area contributed by atoms with E-state index in [1.165, 1.54) is 5.56 Å². The standard InChI is InChI=1S/C21H27NO3.ClH/c1-4-25-21(17-9-6-5-7-10-17)16(2)22-14-13-20(23)18-11-8-12-19(15-18)24-3;/h5-12,15-16,21-22H,4,13-14H2,1-3H3;1H. The van der Waals surface area contributed by atoms with Gasteiger partial charge in [0, 0.05) is 12.2 Å². The summed E-state index contributed by atoms with van der Waals surface area (Å²) in [5.74, 6) is 0.846. The summed E-state index contributed by atoms with van der Waals surface area (Å²) >= 11 is 0. The highest BCUT2D eigenvalue weighted by Crippen LogP contribution is 2.19. The van der Waals surface area contributed by atoms with Crippen LogP contribution in [0.1, 0.15) is 42.3 Å². The molecule has 0 aliphatic heterocycles. The van der Waals surface area contributed by atoms with Crippen molar-refractivity contribution >= 4 is 5.78 Å². The van der Waals surface area contributed by atoms with Gasteiger partial charge in [-0.15, -0.1) is 0 Å². The first kappa shape index (κ1) is 22.2. The van der Waals surface area contributed by atoms with Crippen molar-refractivity contribution in [3.8, 4) is 5.75 Å². The van der Waals surface area contributed by atoms with Gasteiger partial charge in [0.25, 0.3) is 0 Å². The molecule has 0 aliphatic rings. The zero-order chi connectivity index (χ0) is 18.1. The van der Waals surface area contributed by atoms with Crippen molar-refractivity contribution in [2.45, 2.75) is 32.4 Å². The van der Waals surface area contributed by atoms with Crippen molar-refractivity contribution in [2.24, 2.45) is 0 Å². The molecular weight excluding hydrogens is 350 g/mol. The number of carbonyl (C=O) groups is 1. The second-order valence-corrected chi connectivity index (χ2v) is 6.08. The van der Waals surface area contributed by atoms with Crippen LogP contribution in [0.4, 0.5) is 0 Å². The highest BCUT2D eigenvalue weighted by Gasteiger charge is 2.22. The Bertz CT molecular complexity index is 663. The van der Waals surface area contributed by atoms with Crippen LogP contribution in [0, 0.1) is 0 Å². The monoisotopic (exact) mass is 377 g/mol. The van der Waals surface area contributed by atoms with Crippen LogP contribution in [-0.2, 0) is 4.74 Å². The maximum absolute atomic E-state index is 12.4. The first-order valence-electron chi connectivity index (χ1n) is 8.82. The second-order valence-electron chi connectivity index (χ2n) is 6.08. The first-order valence-corrected chi connectivity index (χ1v) is 8.82. The Morgan fingerprint density at radius 2 is 1.85 bits per heavy atom. The molecule has 0 saturated heterocycles. The molecular formula is C21H28ClNO3. The zero-order valence-corrected chi connectivity index (χ0v) is 16.4. The van der Waals surface area contributed by atoms with Crippen molar-refractivity contribution in [3.05, 3.63) is 65.7 Å². The quantitative estimate of drug-likeness (QED) is 0.593. The normalized spacial score (nSPS) is 12.7. The molecule has 0 saturated carbocycles. The molecule has 2 aromatic carbocycles. The molecule has 4 nitrogen and oxygen atoms in total. The van der Waals surface area contributed by atoms with Crippen LogP contribution in [0.2, 0.25) is 0 Å². The smallest absolute Gasteiger partial charge is 0.168 e. The van der Waals surface area contributed by atoms with Gasteiger partial charge in [0.2, 0.25) is 0 Å². The largest absolute Gasteiger partial charge is 1.00 e. The van der Waals surface area contributed by atoms with Gasteiger partial charge in [-0.3, -0.25) is 4.79 Å². The Hall–Kier alpha value is -1.88. The van der Waals surface area contributed by atoms with E-state index in [0.29, 0.717) is 24.3 Å². The SMILES string of the molecule is CCOC(c1ccccc1)C(C)[NH2+]CCC(=O)c1cccc(OC)c1.[Cl-]. The van der Waals surface area contributed by atoms with E-state index in [-0.39, 0.29) is 30.3 Å². The maximum Gasteiger partial charge on any atom is 0.168 e. The van der Waals surface area contributed by atoms with E-state index in [4.69, 9.17) is 9.47 Å². The van der Waals surface area contributed by atoms with Crippen LogP contribution in [0.15, 0.2) is 54.6 Å². The number of nitrogens with two attached hydrogens (primary N) is 1. The van der Waals surface area contributed by atoms with Crippen molar-refractivity contribution in [1.29, 1.82) is 0 Å². The molecule has 0 heterocycles. The molecule has 2 atom stereocenters. The number of rotatable bonds is 10. The predicted octanol–water partition coefficient (Wildman–Crippen LogP) is 0.00170. The van der Waals surface area contributed by atoms with Crippen LogP contribution < -0.4 is 22.5 Å². The van der Waals surface area contributed by atoms with Crippen molar-refractivity contribution < 1.29 is 32.0 Å². The maximum atomic E-state index is 12.4. The van der Waals surface area contributed by atoms with Gasteiger partial charge in [-0.2, -0.15) is 0 Å². The topological polar surface area (TPSA) is 52.1 Å². The molecule has 5 heteroatoms. The summed E-state index contributed by atoms with van der Waals surface area (Å²) < 4.78 is 11.1. The van der Waals surface area contributed by atoms with Gasteiger partial charge in [-0.1, -0.05) is 42.5 Å². The van der Waals surface area contributed by atoms with E-state index in [9.17, 15) is 4.79 Å². The van der Waals surface area contributed by atoms with Gasteiger partial charge in [-0.05, 0) is 31.5 Å². The number of carbonyl (C=O) groups excluding carboxylic acids is 1. The molecule has 0 aromatic heterocycles. The Balaban J connectivity index is 0.00000338. The van der Waals surface area contributed by atoms with E-state index < -0.39 is 0 Å². The zero-order valence-electron chi connectivity index (χ0n) is 15.7. The number of Topliss-reactive ketones (excluding diaryl/α,β-unsaturated/α-hetero) is 1. The van der Waals surface area contributed by atoms with E-state index in [1.54, 1.807) is 13.2 Å². The summed E-state index contributed by atoms with van der Waals surface area (Å²) in [5.41, 5.74) is 1.87. The second kappa shape index (κ2) is 11.7. The number of hydrogen-bond donors (Lipinski definition) is 1. The Morgan fingerprint density at radius 1 is 1.12 bits per heavy atom. The number of hydrogen-bond acceptors (Lipinski definition) is 3. The molecule has 26 heavy (non-hydrogen) atoms. The molecule has 2 rings (SSSR count). The molecule has 142 valence electrons. The van der Waals surface area contributed by atoms with Crippen LogP contribution in [0.5, 0.6) is 5.75 Å². The summed E-state index contributed by atoms with van der Waals surface area (Å²) in [7, 11) is 1.61. The van der Waals surface area contributed by atoms with Gasteiger partial charge in [0.1, 0.15) is 17.9 Å². The molecule has 2 N–H and O–H groups in total. The van der Waals surface area contributed by atoms with E-state index in [1.807, 2.05) is 43.3 Å². The fraction of sp³-hybridized carbons (Fsp3) is 0.381. The lowest BCUT2D eigenvalue weighted by Crippen LogP contribution is -3.00. The third-order valence-electron chi connectivity index (χ3n) is 4.25. The number of ether oxygens (including phenoxy) is 2. The Kier molecular flexibility index (Phi) is 9.96. The third-order valence-corrected chi connectivity index (χ3v) is 4.25. The van der Waals surface area contributed by atoms with Gasteiger partial charge in [0.15, 0.2) is 5.78 Å². The van der Waals surface area contributed by atoms with Crippen molar-refractivity contribution in [3.63, 3.8) is 0 Å². The molecule has 0 fully saturated rings. The lowest BCUT2D eigenvalue weighted by atomic mass is 10.0. The van der Waals surface area contributed by atoms with Crippen LogP contribution in [0.3, 0.4) is 0 Å². The number of ketones is 1. The fourth-order valence-corrected chi connectivity index (χ4v) is 2.92. The average molecular weight is 378 g/mol. The number of halogens is 1. The van der Waals surface area contributed by atoms with Crippen LogP contribution >= 0.6 is 0 Å². The van der Waals surface area contributed by atoms with Gasteiger partial charge >= 0.3 is 0 Å². The van der Waals surface area contributed by atoms with Gasteiger partial charge in [-0.25, -0.2) is 0 Å². The molecule has 0 bridgehead atoms. The number of benzene rings is 2. The molecule has 0 radical (unpaired) electrons. The molecule has 2 aromatic rings. The number of quaternary nitrogens is 1. The molecule has 0 spiro atoms. The predicted molar refractivity (Wildman–Crippen MR) is 99.0 cm³/mol. The van der Waals surface area contributed by atoms with Crippen molar-refractivity contribution in [2.75, 3.05) is 20.3 Å². The Morgan fingerprint density at radius 3 is 2.50 bits per heavy atom. The van der Waals surface area contributed by atoms with Crippen LogP contribution in [-0.4, -0.2) is 32.1 Å². The summed E-state index contributed by atoms with van der Waals surface area (Å²) in [4.78, 5) is 12.4. The van der Waals surface area contributed by atoms with E-state index >= 15 is 0 Å². The summed E-state index contributed by atoms with van der Waals surface area (Å²) in [6.07, 6.45) is 0.517. The van der Waals surface area contributed by atoms with E-state index in [0.717, 1.165) is 6.54 Å². The van der Waals surface area contributed by atoms with Crippen LogP contribution in [0.25, 0.3) is 0 Å². The lowest BCUT2D eigenvalue weighted by Gasteiger charge is -2.22. The van der Waals surface area contributed by atoms with Crippen molar-refractivity contribution in [1.82, 2.24) is 0 Å². The minimum absolute atomic E-state index is 0. The number of methoxy groups -OCH3 is 1. The van der Waals surface area contributed by atoms with E-state index in [2.05, 4.69) is 24.4 Å². The third kappa shape index (κ3) is 6.45. The highest BCUT2D eigenvalue weighted by molar-refractivity contribution is 5.96. The molecule has 0 amide bonds. The molecule has 0 aliphatic carbocycles. The minimum Gasteiger partial charge on any atom is -1.00 e. The Labute approximate surface area is 162 Å². The average Bonchev–Trinajstić information content (AvgIpc) is 2.66. The summed E-state index contributed by atoms with van der Waals surface area (Å²) in [6.45, 7) is 5.55. The van der Waals surface area contributed by atoms with Gasteiger partial charge in [0.05, 0.1) is 20.1 Å². The summed E-state index contributed by atoms with van der Waals surface area (Å²) in [5, 5.41) is 2.19. The van der Waals surface area contributed by atoms with Gasteiger partial charge < -0.3 is 27.2 Å².